The van der Waals surface area contributed by atoms with Crippen molar-refractivity contribution in [1.29, 1.82) is 0 Å². The Hall–Kier alpha value is -3.17. The number of aromatic hydroxyl groups is 1. The standard InChI is InChI=1S/C17H14N2O6S/c20-15-4-2-1-3-10(15)7-13-12-8-11(5-6-14(12)19-17(13)23)26(24,25)18-9-16(21)22/h1-8,18,20H,9H2,(H,19,23)(H,21,22). The van der Waals surface area contributed by atoms with Crippen LogP contribution in [-0.2, 0) is 19.6 Å². The molecule has 0 radical (unpaired) electrons. The number of fused-ring (bicyclic) bond motifs is 1. The number of aliphatic carboxylic acids is 1. The molecule has 26 heavy (non-hydrogen) atoms. The SMILES string of the molecule is O=C(O)CNS(=O)(=O)c1ccc2c(c1)C(=Cc1ccccc1O)C(=O)N2. The van der Waals surface area contributed by atoms with Crippen molar-refractivity contribution in [1.82, 2.24) is 4.72 Å². The minimum Gasteiger partial charge on any atom is -0.507 e. The lowest BCUT2D eigenvalue weighted by molar-refractivity contribution is -0.135. The van der Waals surface area contributed by atoms with E-state index >= 15 is 0 Å². The molecule has 134 valence electrons. The van der Waals surface area contributed by atoms with Gasteiger partial charge in [0.2, 0.25) is 10.0 Å². The summed E-state index contributed by atoms with van der Waals surface area (Å²) >= 11 is 0. The summed E-state index contributed by atoms with van der Waals surface area (Å²) < 4.78 is 26.4. The van der Waals surface area contributed by atoms with Crippen LogP contribution in [0.3, 0.4) is 0 Å². The van der Waals surface area contributed by atoms with Crippen LogP contribution in [0.1, 0.15) is 11.1 Å². The summed E-state index contributed by atoms with van der Waals surface area (Å²) in [6, 6.07) is 10.4. The second kappa shape index (κ2) is 6.62. The van der Waals surface area contributed by atoms with E-state index in [4.69, 9.17) is 5.11 Å². The normalized spacial score (nSPS) is 14.9. The van der Waals surface area contributed by atoms with E-state index in [0.29, 0.717) is 16.8 Å². The first-order valence-electron chi connectivity index (χ1n) is 7.45. The van der Waals surface area contributed by atoms with Crippen LogP contribution in [0.25, 0.3) is 11.6 Å². The van der Waals surface area contributed by atoms with Gasteiger partial charge in [-0.1, -0.05) is 18.2 Å². The highest BCUT2D eigenvalue weighted by Gasteiger charge is 2.27. The molecule has 0 saturated carbocycles. The number of rotatable bonds is 5. The highest BCUT2D eigenvalue weighted by Crippen LogP contribution is 2.35. The Morgan fingerprint density at radius 1 is 1.19 bits per heavy atom. The van der Waals surface area contributed by atoms with Crippen molar-refractivity contribution in [3.63, 3.8) is 0 Å². The Balaban J connectivity index is 2.04. The Bertz CT molecular complexity index is 1040. The average molecular weight is 374 g/mol. The first kappa shape index (κ1) is 17.6. The zero-order valence-electron chi connectivity index (χ0n) is 13.3. The van der Waals surface area contributed by atoms with Crippen LogP contribution in [0.15, 0.2) is 47.4 Å². The molecule has 0 spiro atoms. The largest absolute Gasteiger partial charge is 0.507 e. The highest BCUT2D eigenvalue weighted by molar-refractivity contribution is 7.89. The van der Waals surface area contributed by atoms with E-state index in [1.807, 2.05) is 4.72 Å². The van der Waals surface area contributed by atoms with Crippen LogP contribution < -0.4 is 10.0 Å². The summed E-state index contributed by atoms with van der Waals surface area (Å²) in [5, 5.41) is 21.1. The van der Waals surface area contributed by atoms with Crippen molar-refractivity contribution in [3.05, 3.63) is 53.6 Å². The van der Waals surface area contributed by atoms with Gasteiger partial charge >= 0.3 is 5.97 Å². The first-order chi connectivity index (χ1) is 12.3. The van der Waals surface area contributed by atoms with Crippen LogP contribution in [-0.4, -0.2) is 37.1 Å². The smallest absolute Gasteiger partial charge is 0.318 e. The van der Waals surface area contributed by atoms with Gasteiger partial charge in [-0.25, -0.2) is 8.42 Å². The van der Waals surface area contributed by atoms with E-state index in [2.05, 4.69) is 5.32 Å². The Morgan fingerprint density at radius 3 is 2.62 bits per heavy atom. The number of nitrogens with one attached hydrogen (secondary N) is 2. The third-order valence-corrected chi connectivity index (χ3v) is 5.13. The number of carboxylic acids is 1. The number of para-hydroxylation sites is 1. The maximum absolute atomic E-state index is 12.2. The summed E-state index contributed by atoms with van der Waals surface area (Å²) in [6.07, 6.45) is 1.46. The molecule has 0 unspecified atom stereocenters. The predicted molar refractivity (Wildman–Crippen MR) is 93.9 cm³/mol. The molecule has 0 atom stereocenters. The number of sulfonamides is 1. The molecule has 1 aliphatic heterocycles. The Kier molecular flexibility index (Phi) is 4.49. The fourth-order valence-electron chi connectivity index (χ4n) is 2.48. The topological polar surface area (TPSA) is 133 Å². The lowest BCUT2D eigenvalue weighted by Crippen LogP contribution is -2.29. The third kappa shape index (κ3) is 3.44. The Morgan fingerprint density at radius 2 is 1.92 bits per heavy atom. The van der Waals surface area contributed by atoms with Gasteiger partial charge < -0.3 is 15.5 Å². The van der Waals surface area contributed by atoms with E-state index in [1.165, 1.54) is 30.3 Å². The van der Waals surface area contributed by atoms with Gasteiger partial charge in [-0.15, -0.1) is 0 Å². The van der Waals surface area contributed by atoms with Crippen LogP contribution in [0, 0.1) is 0 Å². The van der Waals surface area contributed by atoms with Crippen LogP contribution in [0.2, 0.25) is 0 Å². The van der Waals surface area contributed by atoms with Crippen LogP contribution in [0.5, 0.6) is 5.75 Å². The van der Waals surface area contributed by atoms with Crippen molar-refractivity contribution in [3.8, 4) is 5.75 Å². The lowest BCUT2D eigenvalue weighted by atomic mass is 10.0. The predicted octanol–water partition coefficient (Wildman–Crippen LogP) is 1.25. The first-order valence-corrected chi connectivity index (χ1v) is 8.93. The molecule has 8 nitrogen and oxygen atoms in total. The van der Waals surface area contributed by atoms with Crippen molar-refractivity contribution >= 4 is 39.2 Å². The van der Waals surface area contributed by atoms with E-state index in [0.717, 1.165) is 0 Å². The average Bonchev–Trinajstić information content (AvgIpc) is 2.90. The minimum absolute atomic E-state index is 0.0202. The van der Waals surface area contributed by atoms with Crippen molar-refractivity contribution in [2.45, 2.75) is 4.90 Å². The molecule has 1 amide bonds. The third-order valence-electron chi connectivity index (χ3n) is 3.73. The van der Waals surface area contributed by atoms with Crippen molar-refractivity contribution in [2.75, 3.05) is 11.9 Å². The number of carbonyl (C=O) groups excluding carboxylic acids is 1. The molecule has 0 aliphatic carbocycles. The monoisotopic (exact) mass is 374 g/mol. The number of anilines is 1. The van der Waals surface area contributed by atoms with E-state index in [1.54, 1.807) is 18.2 Å². The van der Waals surface area contributed by atoms with E-state index in [9.17, 15) is 23.1 Å². The fourth-order valence-corrected chi connectivity index (χ4v) is 3.48. The number of phenols is 1. The molecule has 0 saturated heterocycles. The molecule has 1 heterocycles. The second-order valence-electron chi connectivity index (χ2n) is 5.50. The van der Waals surface area contributed by atoms with Gasteiger partial charge in [0.05, 0.1) is 4.90 Å². The van der Waals surface area contributed by atoms with Crippen LogP contribution >= 0.6 is 0 Å². The van der Waals surface area contributed by atoms with Crippen molar-refractivity contribution < 1.29 is 28.2 Å². The quantitative estimate of drug-likeness (QED) is 0.582. The van der Waals surface area contributed by atoms with Crippen molar-refractivity contribution in [2.24, 2.45) is 0 Å². The molecular weight excluding hydrogens is 360 g/mol. The number of carboxylic acid groups (broad SMARTS) is 1. The number of carbonyl (C=O) groups is 2. The zero-order valence-corrected chi connectivity index (χ0v) is 14.1. The minimum atomic E-state index is -4.05. The molecule has 1 aliphatic rings. The highest BCUT2D eigenvalue weighted by atomic mass is 32.2. The Labute approximate surface area is 148 Å². The molecule has 2 aromatic carbocycles. The van der Waals surface area contributed by atoms with Gasteiger partial charge in [-0.05, 0) is 30.3 Å². The van der Waals surface area contributed by atoms with Gasteiger partial charge in [-0.3, -0.25) is 9.59 Å². The van der Waals surface area contributed by atoms with Gasteiger partial charge in [0.15, 0.2) is 0 Å². The van der Waals surface area contributed by atoms with E-state index < -0.39 is 28.4 Å². The maximum Gasteiger partial charge on any atom is 0.318 e. The molecule has 9 heteroatoms. The van der Waals surface area contributed by atoms with Gasteiger partial charge in [-0.2, -0.15) is 4.72 Å². The molecule has 0 aromatic heterocycles. The van der Waals surface area contributed by atoms with Crippen LogP contribution in [0.4, 0.5) is 5.69 Å². The van der Waals surface area contributed by atoms with Gasteiger partial charge in [0, 0.05) is 22.4 Å². The number of hydrogen-bond acceptors (Lipinski definition) is 5. The zero-order chi connectivity index (χ0) is 18.9. The summed E-state index contributed by atoms with van der Waals surface area (Å²) in [6.45, 7) is -0.753. The fraction of sp³-hybridized carbons (Fsp3) is 0.0588. The molecule has 3 rings (SSSR count). The molecule has 0 bridgehead atoms. The molecule has 4 N–H and O–H groups in total. The summed E-state index contributed by atoms with van der Waals surface area (Å²) in [5.41, 5.74) is 1.37. The number of amides is 1. The van der Waals surface area contributed by atoms with Gasteiger partial charge in [0.25, 0.3) is 5.91 Å². The molecule has 2 aromatic rings. The number of benzene rings is 2. The number of hydrogen-bond donors (Lipinski definition) is 4. The lowest BCUT2D eigenvalue weighted by Gasteiger charge is -2.07. The van der Waals surface area contributed by atoms with E-state index in [-0.39, 0.29) is 16.2 Å². The molecule has 0 fully saturated rings. The number of phenolic OH excluding ortho intramolecular Hbond substituents is 1. The maximum atomic E-state index is 12.2. The summed E-state index contributed by atoms with van der Waals surface area (Å²) in [5.74, 6) is -1.77. The summed E-state index contributed by atoms with van der Waals surface area (Å²) in [4.78, 5) is 22.6. The second-order valence-corrected chi connectivity index (χ2v) is 7.26. The summed E-state index contributed by atoms with van der Waals surface area (Å²) in [7, 11) is -4.05. The molecular formula is C17H14N2O6S. The van der Waals surface area contributed by atoms with Gasteiger partial charge in [0.1, 0.15) is 12.3 Å².